The molecule has 0 amide bonds. The number of nitrogens with zero attached hydrogens (tertiary/aromatic N) is 12. The summed E-state index contributed by atoms with van der Waals surface area (Å²) in [4.78, 5) is 0. The minimum atomic E-state index is -0.451. The van der Waals surface area contributed by atoms with Crippen molar-refractivity contribution in [2.75, 3.05) is 0 Å². The quantitative estimate of drug-likeness (QED) is 0.124. The van der Waals surface area contributed by atoms with E-state index in [1.54, 1.807) is 0 Å². The fraction of sp³-hybridized carbons (Fsp3) is 0.0783. The van der Waals surface area contributed by atoms with E-state index < -0.39 is 5.41 Å². The van der Waals surface area contributed by atoms with Gasteiger partial charge in [0.2, 0.25) is 0 Å². The summed E-state index contributed by atoms with van der Waals surface area (Å²) in [5.74, 6) is 3.43. The van der Waals surface area contributed by atoms with Gasteiger partial charge in [-0.2, -0.15) is 0 Å². The number of fused-ring (bicyclic) bond motifs is 15. The van der Waals surface area contributed by atoms with E-state index in [1.165, 1.54) is 125 Å². The summed E-state index contributed by atoms with van der Waals surface area (Å²) in [5.41, 5.74) is 31.2. The first-order valence-corrected chi connectivity index (χ1v) is 47.9. The molecule has 12 nitrogen and oxygen atoms in total. The molecular weight excluding hydrogens is 2060 g/mol. The molecule has 131 heavy (non-hydrogen) atoms. The van der Waals surface area contributed by atoms with Gasteiger partial charge in [-0.1, -0.05) is 335 Å². The van der Waals surface area contributed by atoms with Crippen molar-refractivity contribution in [3.63, 3.8) is 0 Å². The molecule has 23 aromatic rings. The van der Waals surface area contributed by atoms with Crippen molar-refractivity contribution >= 4 is 156 Å². The molecule has 0 aliphatic heterocycles. The topological polar surface area (TPSA) is 121 Å². The van der Waals surface area contributed by atoms with Crippen molar-refractivity contribution in [3.8, 4) is 101 Å². The average molecular weight is 2140 g/mol. The van der Waals surface area contributed by atoms with Crippen LogP contribution < -0.4 is 0 Å². The van der Waals surface area contributed by atoms with E-state index in [4.69, 9.17) is 0 Å². The van der Waals surface area contributed by atoms with Gasteiger partial charge in [0.25, 0.3) is 0 Å². The van der Waals surface area contributed by atoms with Crippen LogP contribution in [0.1, 0.15) is 70.8 Å². The molecule has 15 aromatic carbocycles. The third-order valence-electron chi connectivity index (χ3n) is 25.2. The van der Waals surface area contributed by atoms with E-state index in [9.17, 15) is 0 Å². The van der Waals surface area contributed by atoms with Gasteiger partial charge in [0.1, 0.15) is 0 Å². The van der Waals surface area contributed by atoms with Gasteiger partial charge in [0.05, 0.1) is 5.41 Å². The number of hydrogen-bond donors (Lipinski definition) is 0. The average Bonchev–Trinajstić information content (AvgIpc) is 1.54. The van der Waals surface area contributed by atoms with Gasteiger partial charge in [-0.15, -0.1) is 40.8 Å². The Morgan fingerprint density at radius 2 is 0.527 bits per heavy atom. The van der Waals surface area contributed by atoms with Crippen LogP contribution in [0.4, 0.5) is 0 Å². The molecule has 0 bridgehead atoms. The van der Waals surface area contributed by atoms with Gasteiger partial charge >= 0.3 is 0 Å². The number of pyridine rings is 4. The Morgan fingerprint density at radius 1 is 0.237 bits per heavy atom. The molecule has 8 aromatic heterocycles. The molecule has 0 atom stereocenters. The van der Waals surface area contributed by atoms with Crippen LogP contribution in [0.3, 0.4) is 0 Å². The van der Waals surface area contributed by atoms with Crippen LogP contribution in [-0.4, -0.2) is 58.4 Å². The second-order valence-electron chi connectivity index (χ2n) is 34.5. The maximum Gasteiger partial charge on any atom is 0.169 e. The van der Waals surface area contributed by atoms with Crippen LogP contribution >= 0.6 is 90.4 Å². The molecule has 16 heteroatoms. The summed E-state index contributed by atoms with van der Waals surface area (Å²) in [5, 5.41) is 45.7. The lowest BCUT2D eigenvalue weighted by Crippen LogP contribution is -2.28. The number of benzene rings is 15. The van der Waals surface area contributed by atoms with E-state index in [0.29, 0.717) is 0 Å². The molecule has 0 N–H and O–H groups in total. The van der Waals surface area contributed by atoms with Crippen molar-refractivity contribution in [1.82, 2.24) is 58.4 Å². The third kappa shape index (κ3) is 15.7. The molecule has 1 aliphatic carbocycles. The highest BCUT2D eigenvalue weighted by molar-refractivity contribution is 14.1. The van der Waals surface area contributed by atoms with Gasteiger partial charge < -0.3 is 0 Å². The maximum absolute atomic E-state index is 4.68. The highest BCUT2D eigenvalue weighted by atomic mass is 127. The minimum absolute atomic E-state index is 0.136. The molecule has 8 heterocycles. The van der Waals surface area contributed by atoms with Crippen LogP contribution in [0.25, 0.3) is 167 Å². The summed E-state index contributed by atoms with van der Waals surface area (Å²) >= 11 is 9.30. The van der Waals surface area contributed by atoms with Crippen molar-refractivity contribution in [3.05, 3.63) is 447 Å². The Balaban J connectivity index is 0.000000108. The Labute approximate surface area is 813 Å². The van der Waals surface area contributed by atoms with E-state index in [2.05, 4.69) is 580 Å². The third-order valence-corrected chi connectivity index (χ3v) is 28.1. The van der Waals surface area contributed by atoms with Crippen molar-refractivity contribution in [1.29, 1.82) is 0 Å². The molecule has 0 saturated carbocycles. The molecule has 632 valence electrons. The molecule has 0 unspecified atom stereocenters. The summed E-state index contributed by atoms with van der Waals surface area (Å²) in [6.45, 7) is 15.4. The maximum atomic E-state index is 4.68. The lowest BCUT2D eigenvalue weighted by atomic mass is 9.67. The second-order valence-corrected chi connectivity index (χ2v) is 39.5. The number of aromatic nitrogens is 12. The Morgan fingerprint density at radius 3 is 0.893 bits per heavy atom. The summed E-state index contributed by atoms with van der Waals surface area (Å²) in [6.07, 6.45) is 8.77. The van der Waals surface area contributed by atoms with Crippen LogP contribution in [0.2, 0.25) is 0 Å². The van der Waals surface area contributed by atoms with Crippen molar-refractivity contribution in [2.45, 2.75) is 59.3 Å². The van der Waals surface area contributed by atoms with Crippen molar-refractivity contribution in [2.24, 2.45) is 0 Å². The zero-order chi connectivity index (χ0) is 89.3. The monoisotopic (exact) mass is 2140 g/mol. The highest BCUT2D eigenvalue weighted by Crippen LogP contribution is 2.57. The summed E-state index contributed by atoms with van der Waals surface area (Å²) < 4.78 is 13.3. The SMILES string of the molecule is CC(C)(C)c1ccc(-c2cn3c(-c4ccc(I)cc4)nnc3c3ccccc23)cc1.Cc1cc(C)c(-c2cn3c(-c4ccc(I)cc4)nnc3c3ccccc23)c(C)c1.Cc1ccc(-c2cn3c(-c4ccc(I)cc4)nnc3c3ccccc23)cc1.Ic1ccc(-c2nnc3c4ccccc4c(-c4ccc5c(c4)C(c4ccccc4)(c4ccccc4)c4ccccc4-5)cn23)cc1. The first kappa shape index (κ1) is 84.6. The lowest BCUT2D eigenvalue weighted by Gasteiger charge is -2.34. The van der Waals surface area contributed by atoms with E-state index >= 15 is 0 Å². The molecule has 0 radical (unpaired) electrons. The minimum Gasteiger partial charge on any atom is -0.281 e. The predicted molar refractivity (Wildman–Crippen MR) is 571 cm³/mol. The molecule has 0 spiro atoms. The first-order chi connectivity index (χ1) is 63.9. The number of halogens is 4. The predicted octanol–water partition coefficient (Wildman–Crippen LogP) is 30.2. The van der Waals surface area contributed by atoms with Crippen LogP contribution in [0.15, 0.2) is 383 Å². The molecule has 24 rings (SSSR count). The van der Waals surface area contributed by atoms with Crippen LogP contribution in [-0.2, 0) is 10.8 Å². The van der Waals surface area contributed by atoms with Crippen LogP contribution in [0, 0.1) is 42.0 Å². The van der Waals surface area contributed by atoms with Crippen molar-refractivity contribution < 1.29 is 0 Å². The second kappa shape index (κ2) is 35.2. The van der Waals surface area contributed by atoms with E-state index in [0.717, 1.165) is 106 Å². The van der Waals surface area contributed by atoms with Gasteiger partial charge in [-0.25, -0.2) is 0 Å². The normalized spacial score (nSPS) is 12.1. The Kier molecular flexibility index (Phi) is 22.7. The number of hydrogen-bond acceptors (Lipinski definition) is 8. The fourth-order valence-corrected chi connectivity index (χ4v) is 20.4. The van der Waals surface area contributed by atoms with Gasteiger partial charge in [-0.05, 0) is 272 Å². The van der Waals surface area contributed by atoms with Crippen LogP contribution in [0.5, 0.6) is 0 Å². The number of rotatable bonds is 10. The first-order valence-electron chi connectivity index (χ1n) is 43.6. The van der Waals surface area contributed by atoms with E-state index in [1.807, 2.05) is 0 Å². The Hall–Kier alpha value is -13.3. The largest absolute Gasteiger partial charge is 0.281 e. The zero-order valence-electron chi connectivity index (χ0n) is 72.8. The van der Waals surface area contributed by atoms with Gasteiger partial charge in [0, 0.05) is 105 Å². The highest BCUT2D eigenvalue weighted by Gasteiger charge is 2.46. The number of aryl methyl sites for hydroxylation is 4. The fourth-order valence-electron chi connectivity index (χ4n) is 19.0. The van der Waals surface area contributed by atoms with Gasteiger partial charge in [-0.3, -0.25) is 17.6 Å². The summed E-state index contributed by atoms with van der Waals surface area (Å²) in [6, 6.07) is 128. The molecule has 1 aliphatic rings. The van der Waals surface area contributed by atoms with Gasteiger partial charge in [0.15, 0.2) is 45.9 Å². The summed E-state index contributed by atoms with van der Waals surface area (Å²) in [7, 11) is 0. The molecule has 0 fully saturated rings. The zero-order valence-corrected chi connectivity index (χ0v) is 81.4. The standard InChI is InChI=1S/C41H26IN3.C26H22IN3.C25H20IN3.C23H16IN3/c42-31-22-19-27(20-23-31)39-43-44-40-35-17-8-7-15-32(35)36(26-45(39)40)28-21-24-34-33-16-9-10-18-37(33)41(38(34)25-28,29-11-3-1-4-12-29)30-13-5-2-6-14-30;1-26(2,3)19-12-8-17(9-13-19)23-16-30-24(18-10-14-20(27)15-11-18)28-29-25(30)22-7-5-4-6-21(22)23;1-15-12-16(2)23(17(3)13-15)22-14-29-24(18-8-10-19(26)11-9-18)27-28-25(29)21-7-5-4-6-20(21)22;1-15-6-8-16(9-7-15)21-14-27-22(17-10-12-18(24)13-11-17)25-26-23(27)20-5-3-2-4-19(20)21/h1-26H;4-16H,1-3H3;4-14H,1-3H3;2-14H,1H3. The Bertz CT molecular complexity index is 8250. The van der Waals surface area contributed by atoms with E-state index in [-0.39, 0.29) is 5.41 Å². The smallest absolute Gasteiger partial charge is 0.169 e. The molecular formula is C115H84I4N12. The molecule has 0 saturated heterocycles. The lowest BCUT2D eigenvalue weighted by molar-refractivity contribution is 0.590.